The van der Waals surface area contributed by atoms with Crippen LogP contribution < -0.4 is 3.64 Å². The van der Waals surface area contributed by atoms with Crippen molar-refractivity contribution in [2.24, 2.45) is 11.8 Å². The molecule has 0 unspecified atom stereocenters. The zero-order valence-corrected chi connectivity index (χ0v) is 9.47. The fourth-order valence-electron chi connectivity index (χ4n) is 1.65. The molecule has 0 aromatic carbocycles. The molecule has 2 nitrogen and oxygen atoms in total. The Morgan fingerprint density at radius 3 is 2.27 bits per heavy atom. The molecule has 0 spiro atoms. The van der Waals surface area contributed by atoms with Gasteiger partial charge in [-0.25, -0.2) is 5.01 Å². The fourth-order valence-corrected chi connectivity index (χ4v) is 2.13. The third kappa shape index (κ3) is 2.87. The topological polar surface area (TPSA) is 15.3 Å². The van der Waals surface area contributed by atoms with E-state index in [2.05, 4.69) is 45.4 Å². The van der Waals surface area contributed by atoms with Crippen molar-refractivity contribution in [3.05, 3.63) is 0 Å². The Hall–Kier alpha value is 0.650. The van der Waals surface area contributed by atoms with Crippen molar-refractivity contribution in [1.29, 1.82) is 0 Å². The van der Waals surface area contributed by atoms with Gasteiger partial charge in [-0.1, -0.05) is 13.8 Å². The Labute approximate surface area is 83.2 Å². The van der Waals surface area contributed by atoms with Gasteiger partial charge < -0.3 is 0 Å². The molecule has 1 saturated heterocycles. The average molecular weight is 268 g/mol. The molecule has 0 saturated carbocycles. The van der Waals surface area contributed by atoms with Crippen molar-refractivity contribution in [2.45, 2.75) is 26.7 Å². The summed E-state index contributed by atoms with van der Waals surface area (Å²) in [7, 11) is 0. The molecule has 0 atom stereocenters. The molecule has 0 aromatic heterocycles. The summed E-state index contributed by atoms with van der Waals surface area (Å²) in [5.74, 6) is 1.82. The number of nitrogens with one attached hydrogen (secondary N) is 1. The van der Waals surface area contributed by atoms with Crippen LogP contribution in [-0.2, 0) is 0 Å². The van der Waals surface area contributed by atoms with Crippen LogP contribution in [0.4, 0.5) is 0 Å². The zero-order valence-electron chi connectivity index (χ0n) is 7.31. The lowest BCUT2D eigenvalue weighted by Crippen LogP contribution is -2.39. The highest BCUT2D eigenvalue weighted by atomic mass is 127. The number of nitrogens with zero attached hydrogens (tertiary/aromatic N) is 1. The molecule has 3 heteroatoms. The van der Waals surface area contributed by atoms with E-state index in [0.717, 1.165) is 11.8 Å². The molecule has 0 aliphatic carbocycles. The molecule has 0 aromatic rings. The number of rotatable bonds is 2. The van der Waals surface area contributed by atoms with E-state index >= 15 is 0 Å². The van der Waals surface area contributed by atoms with Crippen molar-refractivity contribution < 1.29 is 0 Å². The van der Waals surface area contributed by atoms with E-state index in [0.29, 0.717) is 0 Å². The van der Waals surface area contributed by atoms with Crippen LogP contribution in [0.5, 0.6) is 0 Å². The lowest BCUT2D eigenvalue weighted by atomic mass is 9.87. The second kappa shape index (κ2) is 4.62. The van der Waals surface area contributed by atoms with Crippen LogP contribution in [0.25, 0.3) is 0 Å². The molecular weight excluding hydrogens is 251 g/mol. The molecule has 0 bridgehead atoms. The predicted molar refractivity (Wildman–Crippen MR) is 56.3 cm³/mol. The van der Waals surface area contributed by atoms with E-state index in [1.54, 1.807) is 0 Å². The third-order valence-electron chi connectivity index (χ3n) is 2.60. The van der Waals surface area contributed by atoms with Crippen LogP contribution in [0.2, 0.25) is 0 Å². The molecule has 66 valence electrons. The summed E-state index contributed by atoms with van der Waals surface area (Å²) in [4.78, 5) is 0. The summed E-state index contributed by atoms with van der Waals surface area (Å²) >= 11 is 2.21. The Morgan fingerprint density at radius 2 is 1.91 bits per heavy atom. The van der Waals surface area contributed by atoms with E-state index in [4.69, 9.17) is 0 Å². The van der Waals surface area contributed by atoms with Crippen molar-refractivity contribution in [3.63, 3.8) is 0 Å². The standard InChI is InChI=1S/C8H17IN2/c1-7(2)8-3-5-11(10-9)6-4-8/h7-8,10H,3-6H2,1-2H3. The van der Waals surface area contributed by atoms with Gasteiger partial charge in [0.15, 0.2) is 0 Å². The van der Waals surface area contributed by atoms with E-state index in [9.17, 15) is 0 Å². The van der Waals surface area contributed by atoms with Gasteiger partial charge in [-0.05, 0) is 24.7 Å². The van der Waals surface area contributed by atoms with Crippen molar-refractivity contribution >= 4 is 22.9 Å². The maximum Gasteiger partial charge on any atom is 0.0336 e. The number of piperidine rings is 1. The summed E-state index contributed by atoms with van der Waals surface area (Å²) in [6, 6.07) is 0. The lowest BCUT2D eigenvalue weighted by molar-refractivity contribution is 0.148. The van der Waals surface area contributed by atoms with E-state index < -0.39 is 0 Å². The summed E-state index contributed by atoms with van der Waals surface area (Å²) < 4.78 is 3.17. The maximum absolute atomic E-state index is 3.17. The summed E-state index contributed by atoms with van der Waals surface area (Å²) in [6.07, 6.45) is 2.71. The van der Waals surface area contributed by atoms with Gasteiger partial charge >= 0.3 is 0 Å². The minimum Gasteiger partial charge on any atom is -0.235 e. The summed E-state index contributed by atoms with van der Waals surface area (Å²) in [6.45, 7) is 7.09. The largest absolute Gasteiger partial charge is 0.235 e. The number of hydrogen-bond acceptors (Lipinski definition) is 2. The first-order chi connectivity index (χ1) is 5.24. The average Bonchev–Trinajstić information content (AvgIpc) is 2.05. The SMILES string of the molecule is CC(C)C1CCN(NI)CC1. The van der Waals surface area contributed by atoms with Crippen LogP contribution in [0, 0.1) is 11.8 Å². The fraction of sp³-hybridized carbons (Fsp3) is 1.00. The molecule has 1 N–H and O–H groups in total. The highest BCUT2D eigenvalue weighted by molar-refractivity contribution is 14.1. The molecule has 0 amide bonds. The van der Waals surface area contributed by atoms with Crippen molar-refractivity contribution in [3.8, 4) is 0 Å². The Morgan fingerprint density at radius 1 is 1.36 bits per heavy atom. The highest BCUT2D eigenvalue weighted by Gasteiger charge is 2.20. The van der Waals surface area contributed by atoms with Crippen LogP contribution >= 0.6 is 22.9 Å². The van der Waals surface area contributed by atoms with Crippen LogP contribution in [0.3, 0.4) is 0 Å². The van der Waals surface area contributed by atoms with Gasteiger partial charge in [0.1, 0.15) is 0 Å². The first kappa shape index (κ1) is 9.74. The Bertz CT molecular complexity index is 109. The number of hydrazine groups is 1. The maximum atomic E-state index is 3.17. The minimum atomic E-state index is 0.867. The molecular formula is C8H17IN2. The highest BCUT2D eigenvalue weighted by Crippen LogP contribution is 2.23. The quantitative estimate of drug-likeness (QED) is 0.610. The normalized spacial score (nSPS) is 22.9. The van der Waals surface area contributed by atoms with Gasteiger partial charge in [-0.15, -0.1) is 0 Å². The van der Waals surface area contributed by atoms with Gasteiger partial charge in [0, 0.05) is 36.0 Å². The first-order valence-electron chi connectivity index (χ1n) is 4.35. The minimum absolute atomic E-state index is 0.867. The van der Waals surface area contributed by atoms with E-state index in [-0.39, 0.29) is 0 Å². The second-order valence-electron chi connectivity index (χ2n) is 3.65. The molecule has 11 heavy (non-hydrogen) atoms. The molecule has 1 rings (SSSR count). The number of hydrogen-bond donors (Lipinski definition) is 1. The van der Waals surface area contributed by atoms with Crippen LogP contribution in [-0.4, -0.2) is 18.1 Å². The Balaban J connectivity index is 2.24. The van der Waals surface area contributed by atoms with Gasteiger partial charge in [0.05, 0.1) is 0 Å². The second-order valence-corrected chi connectivity index (χ2v) is 4.14. The van der Waals surface area contributed by atoms with Crippen LogP contribution in [0.1, 0.15) is 26.7 Å². The third-order valence-corrected chi connectivity index (χ3v) is 3.28. The smallest absolute Gasteiger partial charge is 0.0336 e. The molecule has 0 radical (unpaired) electrons. The molecule has 1 aliphatic heterocycles. The van der Waals surface area contributed by atoms with Crippen molar-refractivity contribution in [1.82, 2.24) is 8.65 Å². The summed E-state index contributed by atoms with van der Waals surface area (Å²) in [5.41, 5.74) is 0. The monoisotopic (exact) mass is 268 g/mol. The van der Waals surface area contributed by atoms with E-state index in [1.165, 1.54) is 25.9 Å². The lowest BCUT2D eigenvalue weighted by Gasteiger charge is -2.32. The number of halogens is 1. The molecule has 1 fully saturated rings. The Kier molecular flexibility index (Phi) is 4.09. The summed E-state index contributed by atoms with van der Waals surface area (Å²) in [5, 5.41) is 2.29. The van der Waals surface area contributed by atoms with Crippen molar-refractivity contribution in [2.75, 3.05) is 13.1 Å². The first-order valence-corrected chi connectivity index (χ1v) is 5.43. The van der Waals surface area contributed by atoms with Crippen LogP contribution in [0.15, 0.2) is 0 Å². The van der Waals surface area contributed by atoms with Gasteiger partial charge in [-0.3, -0.25) is 0 Å². The predicted octanol–water partition coefficient (Wildman–Crippen LogP) is 2.21. The van der Waals surface area contributed by atoms with Gasteiger partial charge in [-0.2, -0.15) is 3.64 Å². The van der Waals surface area contributed by atoms with Gasteiger partial charge in [0.2, 0.25) is 0 Å². The van der Waals surface area contributed by atoms with E-state index in [1.807, 2.05) is 0 Å². The van der Waals surface area contributed by atoms with Gasteiger partial charge in [0.25, 0.3) is 0 Å². The molecule has 1 heterocycles. The molecule has 1 aliphatic rings. The zero-order chi connectivity index (χ0) is 8.27.